The van der Waals surface area contributed by atoms with E-state index in [9.17, 15) is 4.79 Å². The van der Waals surface area contributed by atoms with Crippen molar-refractivity contribution in [2.24, 2.45) is 5.73 Å². The number of ether oxygens (including phenoxy) is 2. The Hall–Kier alpha value is -4.00. The number of para-hydroxylation sites is 2. The molecule has 2 heterocycles. The maximum absolute atomic E-state index is 11.5. The van der Waals surface area contributed by atoms with Gasteiger partial charge in [-0.15, -0.1) is 0 Å². The highest BCUT2D eigenvalue weighted by Gasteiger charge is 2.14. The van der Waals surface area contributed by atoms with Gasteiger partial charge in [-0.25, -0.2) is 0 Å². The van der Waals surface area contributed by atoms with Gasteiger partial charge >= 0.3 is 0 Å². The van der Waals surface area contributed by atoms with E-state index >= 15 is 0 Å². The van der Waals surface area contributed by atoms with Crippen LogP contribution in [0.2, 0.25) is 0 Å². The van der Waals surface area contributed by atoms with E-state index in [1.165, 1.54) is 21.8 Å². The van der Waals surface area contributed by atoms with Crippen molar-refractivity contribution in [2.75, 3.05) is 26.9 Å². The summed E-state index contributed by atoms with van der Waals surface area (Å²) in [6, 6.07) is 25.2. The third-order valence-electron chi connectivity index (χ3n) is 6.43. The maximum atomic E-state index is 11.5. The van der Waals surface area contributed by atoms with Gasteiger partial charge in [0.15, 0.2) is 6.20 Å². The van der Waals surface area contributed by atoms with E-state index in [0.717, 1.165) is 28.6 Å². The van der Waals surface area contributed by atoms with E-state index < -0.39 is 0 Å². The number of nitrogens with zero attached hydrogens (tertiary/aromatic N) is 2. The summed E-state index contributed by atoms with van der Waals surface area (Å²) in [6.07, 6.45) is 6.18. The summed E-state index contributed by atoms with van der Waals surface area (Å²) >= 11 is 0. The Kier molecular flexibility index (Phi) is 7.07. The molecule has 5 aromatic rings. The molecule has 0 bridgehead atoms. The van der Waals surface area contributed by atoms with Gasteiger partial charge in [0.05, 0.1) is 25.2 Å². The summed E-state index contributed by atoms with van der Waals surface area (Å²) in [5.41, 5.74) is 11.0. The van der Waals surface area contributed by atoms with Crippen molar-refractivity contribution in [3.8, 4) is 0 Å². The van der Waals surface area contributed by atoms with Gasteiger partial charge in [0.25, 0.3) is 5.91 Å². The number of primary amides is 1. The second-order valence-electron chi connectivity index (χ2n) is 8.77. The predicted molar refractivity (Wildman–Crippen MR) is 144 cm³/mol. The predicted octanol–water partition coefficient (Wildman–Crippen LogP) is 4.55. The molecule has 0 aliphatic heterocycles. The molecule has 0 aliphatic rings. The van der Waals surface area contributed by atoms with Gasteiger partial charge in [0.1, 0.15) is 0 Å². The molecule has 0 aliphatic carbocycles. The SMILES string of the molecule is COCCOCCn1c2ccccc2c2cc(/C=C/c3cc[n+](CC(N)=O)c4ccccc34)ccc21. The molecule has 2 N–H and O–H groups in total. The fraction of sp³-hybridized carbons (Fsp3) is 0.200. The lowest BCUT2D eigenvalue weighted by atomic mass is 10.1. The van der Waals surface area contributed by atoms with E-state index in [4.69, 9.17) is 15.2 Å². The van der Waals surface area contributed by atoms with E-state index in [1.54, 1.807) is 7.11 Å². The quantitative estimate of drug-likeness (QED) is 0.235. The Morgan fingerprint density at radius 2 is 1.67 bits per heavy atom. The fourth-order valence-electron chi connectivity index (χ4n) is 4.76. The molecule has 1 amide bonds. The van der Waals surface area contributed by atoms with Crippen LogP contribution < -0.4 is 10.3 Å². The molecular weight excluding hydrogens is 450 g/mol. The Morgan fingerprint density at radius 3 is 2.50 bits per heavy atom. The molecular formula is C30H30N3O3+. The van der Waals surface area contributed by atoms with Gasteiger partial charge in [-0.1, -0.05) is 48.6 Å². The lowest BCUT2D eigenvalue weighted by molar-refractivity contribution is -0.658. The molecule has 5 rings (SSSR count). The number of pyridine rings is 1. The number of benzene rings is 3. The van der Waals surface area contributed by atoms with E-state index in [2.05, 4.69) is 65.3 Å². The number of carbonyl (C=O) groups is 1. The van der Waals surface area contributed by atoms with Crippen LogP contribution in [0.4, 0.5) is 0 Å². The van der Waals surface area contributed by atoms with Crippen molar-refractivity contribution < 1.29 is 18.8 Å². The van der Waals surface area contributed by atoms with Crippen LogP contribution in [0.5, 0.6) is 0 Å². The number of rotatable bonds is 10. The van der Waals surface area contributed by atoms with Crippen molar-refractivity contribution >= 4 is 50.8 Å². The van der Waals surface area contributed by atoms with Crippen molar-refractivity contribution in [1.82, 2.24) is 4.57 Å². The topological polar surface area (TPSA) is 70.4 Å². The Labute approximate surface area is 210 Å². The van der Waals surface area contributed by atoms with Gasteiger partial charge < -0.3 is 19.8 Å². The summed E-state index contributed by atoms with van der Waals surface area (Å²) in [5, 5.41) is 3.53. The lowest BCUT2D eigenvalue weighted by Gasteiger charge is -2.08. The van der Waals surface area contributed by atoms with Gasteiger partial charge in [0.2, 0.25) is 12.1 Å². The van der Waals surface area contributed by atoms with Crippen molar-refractivity contribution in [3.63, 3.8) is 0 Å². The highest BCUT2D eigenvalue weighted by Crippen LogP contribution is 2.30. The number of methoxy groups -OCH3 is 1. The Bertz CT molecular complexity index is 1570. The van der Waals surface area contributed by atoms with Gasteiger partial charge in [-0.3, -0.25) is 4.79 Å². The first-order valence-corrected chi connectivity index (χ1v) is 12.1. The second kappa shape index (κ2) is 10.7. The van der Waals surface area contributed by atoms with Crippen molar-refractivity contribution in [1.29, 1.82) is 0 Å². The third-order valence-corrected chi connectivity index (χ3v) is 6.43. The molecule has 0 atom stereocenters. The maximum Gasteiger partial charge on any atom is 0.283 e. The van der Waals surface area contributed by atoms with E-state index in [1.807, 2.05) is 35.0 Å². The molecule has 0 fully saturated rings. The molecule has 0 saturated heterocycles. The fourth-order valence-corrected chi connectivity index (χ4v) is 4.76. The minimum Gasteiger partial charge on any atom is -0.382 e. The van der Waals surface area contributed by atoms with Gasteiger partial charge in [-0.2, -0.15) is 4.57 Å². The normalized spacial score (nSPS) is 11.8. The molecule has 6 heteroatoms. The second-order valence-corrected chi connectivity index (χ2v) is 8.77. The number of aromatic nitrogens is 2. The van der Waals surface area contributed by atoms with Crippen LogP contribution >= 0.6 is 0 Å². The molecule has 6 nitrogen and oxygen atoms in total. The molecule has 36 heavy (non-hydrogen) atoms. The molecule has 0 spiro atoms. The first-order valence-electron chi connectivity index (χ1n) is 12.1. The van der Waals surface area contributed by atoms with Gasteiger partial charge in [-0.05, 0) is 35.4 Å². The average molecular weight is 481 g/mol. The Morgan fingerprint density at radius 1 is 0.889 bits per heavy atom. The molecule has 0 radical (unpaired) electrons. The smallest absolute Gasteiger partial charge is 0.283 e. The summed E-state index contributed by atoms with van der Waals surface area (Å²) in [6.45, 7) is 2.77. The number of amides is 1. The molecule has 0 unspecified atom stereocenters. The number of fused-ring (bicyclic) bond motifs is 4. The summed E-state index contributed by atoms with van der Waals surface area (Å²) in [7, 11) is 1.68. The lowest BCUT2D eigenvalue weighted by Crippen LogP contribution is -2.41. The zero-order valence-electron chi connectivity index (χ0n) is 20.4. The minimum absolute atomic E-state index is 0.155. The standard InChI is InChI=1S/C30H29N3O3/c1-35-18-19-36-17-16-33-28-9-5-3-7-25(28)26-20-22(11-13-29(26)33)10-12-23-14-15-32(21-30(31)34)27-8-4-2-6-24(23)27/h2-15,20H,16-19,21H2,1H3,(H-,31,34)/p+1. The largest absolute Gasteiger partial charge is 0.382 e. The Balaban J connectivity index is 1.48. The van der Waals surface area contributed by atoms with Crippen LogP contribution in [0.15, 0.2) is 79.0 Å². The number of nitrogens with two attached hydrogens (primary N) is 1. The van der Waals surface area contributed by atoms with Gasteiger partial charge in [0, 0.05) is 47.6 Å². The van der Waals surface area contributed by atoms with Crippen LogP contribution in [0.3, 0.4) is 0 Å². The van der Waals surface area contributed by atoms with Crippen LogP contribution in [0.25, 0.3) is 44.9 Å². The summed E-state index contributed by atoms with van der Waals surface area (Å²) < 4.78 is 15.0. The van der Waals surface area contributed by atoms with Crippen LogP contribution in [0, 0.1) is 0 Å². The highest BCUT2D eigenvalue weighted by atomic mass is 16.5. The van der Waals surface area contributed by atoms with Crippen LogP contribution in [-0.4, -0.2) is 37.4 Å². The molecule has 0 saturated carbocycles. The van der Waals surface area contributed by atoms with Crippen LogP contribution in [-0.2, 0) is 27.4 Å². The van der Waals surface area contributed by atoms with Crippen molar-refractivity contribution in [3.05, 3.63) is 90.1 Å². The van der Waals surface area contributed by atoms with Crippen molar-refractivity contribution in [2.45, 2.75) is 13.1 Å². The molecule has 3 aromatic carbocycles. The minimum atomic E-state index is -0.359. The number of carbonyl (C=O) groups excluding carboxylic acids is 1. The third kappa shape index (κ3) is 4.87. The summed E-state index contributed by atoms with van der Waals surface area (Å²) in [4.78, 5) is 11.5. The zero-order valence-corrected chi connectivity index (χ0v) is 20.4. The monoisotopic (exact) mass is 480 g/mol. The first kappa shape index (κ1) is 23.7. The summed E-state index contributed by atoms with van der Waals surface area (Å²) in [5.74, 6) is -0.359. The average Bonchev–Trinajstić information content (AvgIpc) is 3.21. The molecule has 182 valence electrons. The number of hydrogen-bond acceptors (Lipinski definition) is 3. The van der Waals surface area contributed by atoms with Crippen LogP contribution in [0.1, 0.15) is 11.1 Å². The van der Waals surface area contributed by atoms with E-state index in [0.29, 0.717) is 19.8 Å². The first-order chi connectivity index (χ1) is 17.7. The van der Waals surface area contributed by atoms with E-state index in [-0.39, 0.29) is 12.5 Å². The highest BCUT2D eigenvalue weighted by molar-refractivity contribution is 6.08. The molecule has 2 aromatic heterocycles. The zero-order chi connectivity index (χ0) is 24.9. The number of hydrogen-bond donors (Lipinski definition) is 1.